The van der Waals surface area contributed by atoms with E-state index in [9.17, 15) is 4.79 Å². The van der Waals surface area contributed by atoms with Gasteiger partial charge in [-0.25, -0.2) is 0 Å². The second kappa shape index (κ2) is 5.33. The minimum Gasteiger partial charge on any atom is -0.349 e. The van der Waals surface area contributed by atoms with E-state index in [0.717, 1.165) is 5.82 Å². The van der Waals surface area contributed by atoms with Gasteiger partial charge in [0.1, 0.15) is 6.33 Å². The maximum absolute atomic E-state index is 11.2. The third kappa shape index (κ3) is 3.14. The van der Waals surface area contributed by atoms with Crippen LogP contribution in [0.5, 0.6) is 0 Å². The number of carbonyl (C=O) groups is 1. The highest BCUT2D eigenvalue weighted by Crippen LogP contribution is 1.90. The number of aryl methyl sites for hydroxylation is 1. The van der Waals surface area contributed by atoms with Gasteiger partial charge in [-0.2, -0.15) is 0 Å². The lowest BCUT2D eigenvalue weighted by molar-refractivity contribution is -0.121. The van der Waals surface area contributed by atoms with Gasteiger partial charge in [-0.05, 0) is 7.05 Å². The van der Waals surface area contributed by atoms with Gasteiger partial charge in [-0.15, -0.1) is 10.2 Å². The van der Waals surface area contributed by atoms with E-state index < -0.39 is 0 Å². The van der Waals surface area contributed by atoms with Crippen LogP contribution in [0.15, 0.2) is 6.33 Å². The second-order valence-corrected chi connectivity index (χ2v) is 2.99. The molecule has 0 spiro atoms. The minimum absolute atomic E-state index is 0.0161. The molecule has 0 saturated heterocycles. The Labute approximate surface area is 82.7 Å². The molecule has 0 saturated carbocycles. The number of nitrogens with one attached hydrogen (secondary N) is 2. The van der Waals surface area contributed by atoms with E-state index in [4.69, 9.17) is 0 Å². The summed E-state index contributed by atoms with van der Waals surface area (Å²) in [6.45, 7) is 1.11. The molecule has 0 radical (unpaired) electrons. The van der Waals surface area contributed by atoms with Crippen LogP contribution in [0, 0.1) is 0 Å². The zero-order valence-corrected chi connectivity index (χ0v) is 8.45. The number of hydrogen-bond donors (Lipinski definition) is 2. The number of nitrogens with zero attached hydrogens (tertiary/aromatic N) is 3. The molecule has 1 heterocycles. The first-order valence-electron chi connectivity index (χ1n) is 4.48. The number of rotatable bonds is 5. The maximum Gasteiger partial charge on any atom is 0.221 e. The lowest BCUT2D eigenvalue weighted by Crippen LogP contribution is -2.27. The summed E-state index contributed by atoms with van der Waals surface area (Å²) >= 11 is 0. The maximum atomic E-state index is 11.2. The summed E-state index contributed by atoms with van der Waals surface area (Å²) in [6.07, 6.45) is 2.09. The standard InChI is InChI=1S/C8H15N5O/c1-9-4-3-8(14)10-5-7-12-11-6-13(7)2/h6,9H,3-5H2,1-2H3,(H,10,14). The van der Waals surface area contributed by atoms with Crippen LogP contribution in [0.25, 0.3) is 0 Å². The number of carbonyl (C=O) groups excluding carboxylic acids is 1. The van der Waals surface area contributed by atoms with Crippen molar-refractivity contribution in [3.05, 3.63) is 12.2 Å². The summed E-state index contributed by atoms with van der Waals surface area (Å²) < 4.78 is 1.78. The molecular weight excluding hydrogens is 182 g/mol. The average Bonchev–Trinajstić information content (AvgIpc) is 2.58. The lowest BCUT2D eigenvalue weighted by atomic mass is 10.4. The van der Waals surface area contributed by atoms with Crippen molar-refractivity contribution in [3.8, 4) is 0 Å². The Morgan fingerprint density at radius 2 is 2.43 bits per heavy atom. The number of amides is 1. The van der Waals surface area contributed by atoms with Gasteiger partial charge in [0.15, 0.2) is 5.82 Å². The zero-order chi connectivity index (χ0) is 10.4. The normalized spacial score (nSPS) is 10.1. The van der Waals surface area contributed by atoms with Gasteiger partial charge in [-0.3, -0.25) is 4.79 Å². The molecule has 1 rings (SSSR count). The molecule has 0 aliphatic carbocycles. The van der Waals surface area contributed by atoms with E-state index in [1.54, 1.807) is 10.9 Å². The van der Waals surface area contributed by atoms with Crippen LogP contribution in [0.4, 0.5) is 0 Å². The van der Waals surface area contributed by atoms with Crippen LogP contribution in [-0.2, 0) is 18.4 Å². The third-order valence-corrected chi connectivity index (χ3v) is 1.85. The van der Waals surface area contributed by atoms with E-state index in [1.165, 1.54) is 0 Å². The quantitative estimate of drug-likeness (QED) is 0.638. The van der Waals surface area contributed by atoms with Gasteiger partial charge in [0.2, 0.25) is 5.91 Å². The molecule has 1 aromatic rings. The molecule has 6 heteroatoms. The molecule has 14 heavy (non-hydrogen) atoms. The first kappa shape index (κ1) is 10.6. The molecule has 2 N–H and O–H groups in total. The first-order chi connectivity index (χ1) is 6.74. The molecule has 1 aromatic heterocycles. The van der Waals surface area contributed by atoms with Gasteiger partial charge in [0.25, 0.3) is 0 Å². The fourth-order valence-corrected chi connectivity index (χ4v) is 0.972. The fraction of sp³-hybridized carbons (Fsp3) is 0.625. The smallest absolute Gasteiger partial charge is 0.221 e. The van der Waals surface area contributed by atoms with E-state index in [2.05, 4.69) is 20.8 Å². The SMILES string of the molecule is CNCCC(=O)NCc1nncn1C. The predicted molar refractivity (Wildman–Crippen MR) is 51.4 cm³/mol. The van der Waals surface area contributed by atoms with Gasteiger partial charge < -0.3 is 15.2 Å². The summed E-state index contributed by atoms with van der Waals surface area (Å²) in [4.78, 5) is 11.2. The Morgan fingerprint density at radius 1 is 1.64 bits per heavy atom. The highest BCUT2D eigenvalue weighted by Gasteiger charge is 2.03. The zero-order valence-electron chi connectivity index (χ0n) is 8.45. The fourth-order valence-electron chi connectivity index (χ4n) is 0.972. The largest absolute Gasteiger partial charge is 0.349 e. The molecule has 0 atom stereocenters. The van der Waals surface area contributed by atoms with Crippen molar-refractivity contribution in [1.29, 1.82) is 0 Å². The average molecular weight is 197 g/mol. The second-order valence-electron chi connectivity index (χ2n) is 2.99. The molecule has 0 aromatic carbocycles. The third-order valence-electron chi connectivity index (χ3n) is 1.85. The van der Waals surface area contributed by atoms with Crippen LogP contribution in [-0.4, -0.2) is 34.3 Å². The summed E-state index contributed by atoms with van der Waals surface area (Å²) in [5, 5.41) is 13.2. The molecule has 78 valence electrons. The van der Waals surface area contributed by atoms with Gasteiger partial charge >= 0.3 is 0 Å². The van der Waals surface area contributed by atoms with Crippen LogP contribution in [0.2, 0.25) is 0 Å². The Morgan fingerprint density at radius 3 is 3.00 bits per heavy atom. The van der Waals surface area contributed by atoms with E-state index in [-0.39, 0.29) is 5.91 Å². The molecule has 0 unspecified atom stereocenters. The molecule has 0 bridgehead atoms. The lowest BCUT2D eigenvalue weighted by Gasteiger charge is -2.03. The van der Waals surface area contributed by atoms with Crippen molar-refractivity contribution < 1.29 is 4.79 Å². The van der Waals surface area contributed by atoms with Gasteiger partial charge in [0.05, 0.1) is 6.54 Å². The molecule has 1 amide bonds. The van der Waals surface area contributed by atoms with Crippen molar-refractivity contribution in [2.24, 2.45) is 7.05 Å². The minimum atomic E-state index is 0.0161. The summed E-state index contributed by atoms with van der Waals surface area (Å²) in [6, 6.07) is 0. The monoisotopic (exact) mass is 197 g/mol. The topological polar surface area (TPSA) is 71.8 Å². The summed E-state index contributed by atoms with van der Waals surface area (Å²) in [7, 11) is 3.66. The van der Waals surface area contributed by atoms with E-state index in [1.807, 2.05) is 14.1 Å². The van der Waals surface area contributed by atoms with Crippen LogP contribution >= 0.6 is 0 Å². The number of hydrogen-bond acceptors (Lipinski definition) is 4. The predicted octanol–water partition coefficient (Wildman–Crippen LogP) is -0.959. The van der Waals surface area contributed by atoms with Gasteiger partial charge in [-0.1, -0.05) is 0 Å². The van der Waals surface area contributed by atoms with Crippen molar-refractivity contribution in [3.63, 3.8) is 0 Å². The first-order valence-corrected chi connectivity index (χ1v) is 4.48. The van der Waals surface area contributed by atoms with Crippen molar-refractivity contribution >= 4 is 5.91 Å². The Hall–Kier alpha value is -1.43. The van der Waals surface area contributed by atoms with Crippen LogP contribution < -0.4 is 10.6 Å². The molecule has 6 nitrogen and oxygen atoms in total. The Kier molecular flexibility index (Phi) is 4.06. The highest BCUT2D eigenvalue weighted by molar-refractivity contribution is 5.75. The van der Waals surface area contributed by atoms with Crippen molar-refractivity contribution in [2.45, 2.75) is 13.0 Å². The Balaban J connectivity index is 2.27. The van der Waals surface area contributed by atoms with E-state index >= 15 is 0 Å². The highest BCUT2D eigenvalue weighted by atomic mass is 16.1. The van der Waals surface area contributed by atoms with Crippen LogP contribution in [0.3, 0.4) is 0 Å². The number of aromatic nitrogens is 3. The Bertz CT molecular complexity index is 296. The molecule has 0 aliphatic heterocycles. The summed E-state index contributed by atoms with van der Waals surface area (Å²) in [5.74, 6) is 0.769. The van der Waals surface area contributed by atoms with Crippen molar-refractivity contribution in [2.75, 3.05) is 13.6 Å². The van der Waals surface area contributed by atoms with E-state index in [0.29, 0.717) is 19.5 Å². The molecule has 0 aliphatic rings. The molecular formula is C8H15N5O. The van der Waals surface area contributed by atoms with Crippen LogP contribution in [0.1, 0.15) is 12.2 Å². The van der Waals surface area contributed by atoms with Crippen molar-refractivity contribution in [1.82, 2.24) is 25.4 Å². The summed E-state index contributed by atoms with van der Waals surface area (Å²) in [5.41, 5.74) is 0. The van der Waals surface area contributed by atoms with Gasteiger partial charge in [0, 0.05) is 20.0 Å². The molecule has 0 fully saturated rings.